The smallest absolute Gasteiger partial charge is 0.264 e. The van der Waals surface area contributed by atoms with Gasteiger partial charge in [0.15, 0.2) is 5.82 Å². The molecule has 0 fully saturated rings. The van der Waals surface area contributed by atoms with Gasteiger partial charge in [0.2, 0.25) is 0 Å². The molecule has 0 aliphatic carbocycles. The molecule has 3 rings (SSSR count). The van der Waals surface area contributed by atoms with Crippen molar-refractivity contribution < 1.29 is 17.0 Å². The second-order valence-corrected chi connectivity index (χ2v) is 6.33. The highest BCUT2D eigenvalue weighted by Gasteiger charge is 2.12. The van der Waals surface area contributed by atoms with Gasteiger partial charge in [-0.3, -0.25) is 4.18 Å². The Kier molecular flexibility index (Phi) is 3.92. The predicted octanol–water partition coefficient (Wildman–Crippen LogP) is 1.07. The van der Waals surface area contributed by atoms with Crippen molar-refractivity contribution in [1.29, 1.82) is 0 Å². The third kappa shape index (κ3) is 3.43. The molecule has 0 aliphatic heterocycles. The highest BCUT2D eigenvalue weighted by molar-refractivity contribution is 7.85. The lowest BCUT2D eigenvalue weighted by Crippen LogP contribution is -2.08. The summed E-state index contributed by atoms with van der Waals surface area (Å²) in [6, 6.07) is 6.11. The topological polar surface area (TPSA) is 91.9 Å². The number of hydrogen-bond donors (Lipinski definition) is 0. The zero-order chi connectivity index (χ0) is 16.4. The van der Waals surface area contributed by atoms with Gasteiger partial charge in [-0.2, -0.15) is 13.5 Å². The van der Waals surface area contributed by atoms with Gasteiger partial charge in [-0.25, -0.2) is 13.8 Å². The summed E-state index contributed by atoms with van der Waals surface area (Å²) in [5.74, 6) is -0.503. The molecule has 0 N–H and O–H groups in total. The number of nitrogens with zero attached hydrogens (tertiary/aromatic N) is 5. The molecule has 0 aliphatic rings. The summed E-state index contributed by atoms with van der Waals surface area (Å²) in [4.78, 5) is 0. The molecule has 0 unspecified atom stereocenters. The van der Waals surface area contributed by atoms with Gasteiger partial charge in [0.25, 0.3) is 10.1 Å². The summed E-state index contributed by atoms with van der Waals surface area (Å²) in [6.07, 6.45) is 5.47. The molecule has 0 saturated heterocycles. The van der Waals surface area contributed by atoms with Crippen LogP contribution in [0.5, 0.6) is 0 Å². The summed E-state index contributed by atoms with van der Waals surface area (Å²) < 4.78 is 43.8. The third-order valence-electron chi connectivity index (χ3n) is 2.97. The van der Waals surface area contributed by atoms with Gasteiger partial charge in [-0.15, -0.1) is 5.10 Å². The molecule has 3 aromatic rings. The summed E-state index contributed by atoms with van der Waals surface area (Å²) in [5, 5.41) is 11.5. The monoisotopic (exact) mass is 337 g/mol. The van der Waals surface area contributed by atoms with E-state index in [0.717, 1.165) is 6.26 Å². The molecule has 10 heteroatoms. The van der Waals surface area contributed by atoms with Crippen LogP contribution in [-0.2, 0) is 20.9 Å². The molecule has 0 radical (unpaired) electrons. The summed E-state index contributed by atoms with van der Waals surface area (Å²) in [6.45, 7) is -0.242. The fourth-order valence-corrected chi connectivity index (χ4v) is 2.30. The highest BCUT2D eigenvalue weighted by atomic mass is 32.2. The van der Waals surface area contributed by atoms with Gasteiger partial charge in [0.05, 0.1) is 23.8 Å². The van der Waals surface area contributed by atoms with Gasteiger partial charge < -0.3 is 0 Å². The molecular formula is C13H12FN5O3S. The molecule has 0 spiro atoms. The van der Waals surface area contributed by atoms with E-state index >= 15 is 0 Å². The van der Waals surface area contributed by atoms with Crippen LogP contribution in [0, 0.1) is 5.82 Å². The number of halogens is 1. The molecule has 8 nitrogen and oxygen atoms in total. The maximum absolute atomic E-state index is 14.3. The Morgan fingerprint density at radius 1 is 1.35 bits per heavy atom. The van der Waals surface area contributed by atoms with Crippen LogP contribution in [0.3, 0.4) is 0 Å². The fraction of sp³-hybridized carbons (Fsp3) is 0.154. The first-order chi connectivity index (χ1) is 10.9. The van der Waals surface area contributed by atoms with Crippen LogP contribution in [0.15, 0.2) is 42.9 Å². The minimum atomic E-state index is -3.60. The molecule has 1 aromatic carbocycles. The van der Waals surface area contributed by atoms with Crippen LogP contribution in [0.1, 0.15) is 5.69 Å². The van der Waals surface area contributed by atoms with Crippen molar-refractivity contribution in [3.63, 3.8) is 0 Å². The Morgan fingerprint density at radius 3 is 2.83 bits per heavy atom. The van der Waals surface area contributed by atoms with E-state index in [-0.39, 0.29) is 12.3 Å². The Morgan fingerprint density at radius 2 is 2.17 bits per heavy atom. The predicted molar refractivity (Wildman–Crippen MR) is 78.1 cm³/mol. The van der Waals surface area contributed by atoms with Crippen LogP contribution in [0.4, 0.5) is 4.39 Å². The molecule has 2 aromatic heterocycles. The summed E-state index contributed by atoms with van der Waals surface area (Å²) in [7, 11) is -3.60. The van der Waals surface area contributed by atoms with E-state index in [1.165, 1.54) is 21.6 Å². The Balaban J connectivity index is 1.91. The van der Waals surface area contributed by atoms with E-state index in [1.807, 2.05) is 0 Å². The lowest BCUT2D eigenvalue weighted by atomic mass is 10.2. The van der Waals surface area contributed by atoms with Crippen molar-refractivity contribution in [3.05, 3.63) is 54.4 Å². The Bertz CT molecular complexity index is 921. The van der Waals surface area contributed by atoms with Crippen molar-refractivity contribution in [2.75, 3.05) is 6.26 Å². The van der Waals surface area contributed by atoms with E-state index in [9.17, 15) is 12.8 Å². The van der Waals surface area contributed by atoms with Crippen molar-refractivity contribution in [2.24, 2.45) is 0 Å². The minimum Gasteiger partial charge on any atom is -0.264 e. The van der Waals surface area contributed by atoms with Crippen molar-refractivity contribution in [3.8, 4) is 11.4 Å². The second-order valence-electron chi connectivity index (χ2n) is 4.69. The number of benzene rings is 1. The molecule has 2 heterocycles. The molecular weight excluding hydrogens is 325 g/mol. The first kappa shape index (κ1) is 15.3. The largest absolute Gasteiger partial charge is 0.264 e. The quantitative estimate of drug-likeness (QED) is 0.647. The van der Waals surface area contributed by atoms with Crippen LogP contribution < -0.4 is 0 Å². The first-order valence-electron chi connectivity index (χ1n) is 6.48. The van der Waals surface area contributed by atoms with E-state index in [2.05, 4.69) is 15.4 Å². The lowest BCUT2D eigenvalue weighted by Gasteiger charge is -2.08. The van der Waals surface area contributed by atoms with Gasteiger partial charge >= 0.3 is 0 Å². The number of aromatic nitrogens is 5. The SMILES string of the molecule is CS(=O)(=O)OCc1cnnn1-c1ccc(-n2cccn2)c(F)c1. The van der Waals surface area contributed by atoms with E-state index in [1.54, 1.807) is 30.6 Å². The van der Waals surface area contributed by atoms with Gasteiger partial charge in [-0.05, 0) is 18.2 Å². The lowest BCUT2D eigenvalue weighted by molar-refractivity contribution is 0.303. The molecule has 0 amide bonds. The minimum absolute atomic E-state index is 0.242. The van der Waals surface area contributed by atoms with Crippen molar-refractivity contribution >= 4 is 10.1 Å². The Hall–Kier alpha value is -2.59. The Labute approximate surface area is 131 Å². The normalized spacial score (nSPS) is 11.7. The van der Waals surface area contributed by atoms with Gasteiger partial charge in [0, 0.05) is 18.5 Å². The molecule has 120 valence electrons. The van der Waals surface area contributed by atoms with E-state index in [4.69, 9.17) is 4.18 Å². The zero-order valence-corrected chi connectivity index (χ0v) is 12.8. The fourth-order valence-electron chi connectivity index (χ4n) is 1.96. The van der Waals surface area contributed by atoms with Crippen LogP contribution in [-0.4, -0.2) is 39.4 Å². The highest BCUT2D eigenvalue weighted by Crippen LogP contribution is 2.18. The van der Waals surface area contributed by atoms with Crippen LogP contribution in [0.2, 0.25) is 0 Å². The van der Waals surface area contributed by atoms with Crippen molar-refractivity contribution in [2.45, 2.75) is 6.61 Å². The zero-order valence-electron chi connectivity index (χ0n) is 12.0. The number of rotatable bonds is 5. The van der Waals surface area contributed by atoms with Gasteiger partial charge in [0.1, 0.15) is 12.3 Å². The van der Waals surface area contributed by atoms with Gasteiger partial charge in [-0.1, -0.05) is 5.21 Å². The first-order valence-corrected chi connectivity index (χ1v) is 8.29. The standard InChI is InChI=1S/C13H12FN5O3S/c1-23(20,21)22-9-11-8-15-17-19(11)10-3-4-13(12(14)7-10)18-6-2-5-16-18/h2-8H,9H2,1H3. The third-order valence-corrected chi connectivity index (χ3v) is 3.51. The maximum atomic E-state index is 14.3. The van der Waals surface area contributed by atoms with Crippen LogP contribution >= 0.6 is 0 Å². The molecule has 23 heavy (non-hydrogen) atoms. The maximum Gasteiger partial charge on any atom is 0.264 e. The van der Waals surface area contributed by atoms with E-state index in [0.29, 0.717) is 11.4 Å². The average molecular weight is 337 g/mol. The molecule has 0 bridgehead atoms. The van der Waals surface area contributed by atoms with Crippen LogP contribution in [0.25, 0.3) is 11.4 Å². The average Bonchev–Trinajstić information content (AvgIpc) is 3.15. The molecule has 0 atom stereocenters. The summed E-state index contributed by atoms with van der Waals surface area (Å²) >= 11 is 0. The van der Waals surface area contributed by atoms with Crippen molar-refractivity contribution in [1.82, 2.24) is 24.8 Å². The second kappa shape index (κ2) is 5.89. The molecule has 0 saturated carbocycles. The van der Waals surface area contributed by atoms with E-state index < -0.39 is 15.9 Å². The number of hydrogen-bond acceptors (Lipinski definition) is 6. The summed E-state index contributed by atoms with van der Waals surface area (Å²) in [5.41, 5.74) is 1.05.